The van der Waals surface area contributed by atoms with Crippen LogP contribution in [-0.4, -0.2) is 6.54 Å². The molecule has 3 heteroatoms. The van der Waals surface area contributed by atoms with E-state index < -0.39 is 0 Å². The first-order valence-corrected chi connectivity index (χ1v) is 8.92. The number of hydrogen-bond acceptors (Lipinski definition) is 2. The molecule has 1 aromatic heterocycles. The molecular weight excluding hydrogens is 330 g/mol. The predicted molar refractivity (Wildman–Crippen MR) is 90.6 cm³/mol. The minimum absolute atomic E-state index is 0.435. The first-order valence-electron chi connectivity index (χ1n) is 7.31. The second kappa shape index (κ2) is 6.42. The lowest BCUT2D eigenvalue weighted by molar-refractivity contribution is 0.578. The lowest BCUT2D eigenvalue weighted by Gasteiger charge is -2.15. The van der Waals surface area contributed by atoms with E-state index in [1.54, 1.807) is 11.1 Å². The molecule has 0 aliphatic heterocycles. The molecule has 0 saturated carbocycles. The molecule has 1 nitrogen and oxygen atoms in total. The molecule has 2 aromatic rings. The van der Waals surface area contributed by atoms with Crippen LogP contribution in [0.3, 0.4) is 0 Å². The highest BCUT2D eigenvalue weighted by Crippen LogP contribution is 2.25. The molecule has 0 spiro atoms. The molecule has 0 fully saturated rings. The van der Waals surface area contributed by atoms with Crippen molar-refractivity contribution >= 4 is 27.3 Å². The fraction of sp³-hybridized carbons (Fsp3) is 0.412. The summed E-state index contributed by atoms with van der Waals surface area (Å²) in [5.74, 6) is 0. The third-order valence-corrected chi connectivity index (χ3v) is 5.76. The van der Waals surface area contributed by atoms with Crippen LogP contribution in [0.5, 0.6) is 0 Å². The Hall–Kier alpha value is -0.640. The second-order valence-electron chi connectivity index (χ2n) is 5.51. The highest BCUT2D eigenvalue weighted by molar-refractivity contribution is 9.11. The summed E-state index contributed by atoms with van der Waals surface area (Å²) in [4.78, 5) is 1.44. The Kier molecular flexibility index (Phi) is 4.59. The van der Waals surface area contributed by atoms with Crippen LogP contribution in [0.4, 0.5) is 0 Å². The largest absolute Gasteiger partial charge is 0.310 e. The molecule has 3 rings (SSSR count). The quantitative estimate of drug-likeness (QED) is 0.809. The van der Waals surface area contributed by atoms with Gasteiger partial charge in [-0.05, 0) is 77.4 Å². The Morgan fingerprint density at radius 2 is 2.05 bits per heavy atom. The molecule has 1 atom stereocenters. The Balaban J connectivity index is 1.55. The van der Waals surface area contributed by atoms with Gasteiger partial charge in [-0.1, -0.05) is 18.2 Å². The normalized spacial score (nSPS) is 15.3. The summed E-state index contributed by atoms with van der Waals surface area (Å²) in [6.07, 6.45) is 4.96. The lowest BCUT2D eigenvalue weighted by atomic mass is 10.0. The Morgan fingerprint density at radius 3 is 2.85 bits per heavy atom. The molecule has 1 aromatic carbocycles. The molecule has 1 heterocycles. The number of benzene rings is 1. The van der Waals surface area contributed by atoms with Gasteiger partial charge in [0.05, 0.1) is 3.79 Å². The Bertz CT molecular complexity index is 590. The number of halogens is 1. The van der Waals surface area contributed by atoms with Gasteiger partial charge in [0.2, 0.25) is 0 Å². The number of thiophene rings is 1. The van der Waals surface area contributed by atoms with Crippen molar-refractivity contribution < 1.29 is 0 Å². The van der Waals surface area contributed by atoms with Crippen molar-refractivity contribution in [1.82, 2.24) is 5.32 Å². The van der Waals surface area contributed by atoms with Crippen molar-refractivity contribution in [2.45, 2.75) is 38.6 Å². The maximum atomic E-state index is 3.64. The average molecular weight is 350 g/mol. The van der Waals surface area contributed by atoms with Crippen LogP contribution in [0.25, 0.3) is 0 Å². The molecule has 0 saturated heterocycles. The highest BCUT2D eigenvalue weighted by Gasteiger charge is 2.13. The Morgan fingerprint density at radius 1 is 1.20 bits per heavy atom. The summed E-state index contributed by atoms with van der Waals surface area (Å²) in [7, 11) is 0. The number of aryl methyl sites for hydroxylation is 2. The van der Waals surface area contributed by atoms with Gasteiger partial charge in [0, 0.05) is 17.5 Å². The molecular formula is C17H20BrNS. The van der Waals surface area contributed by atoms with E-state index in [4.69, 9.17) is 0 Å². The average Bonchev–Trinajstić information content (AvgIpc) is 3.06. The summed E-state index contributed by atoms with van der Waals surface area (Å²) < 4.78 is 1.22. The van der Waals surface area contributed by atoms with Gasteiger partial charge in [0.15, 0.2) is 0 Å². The standard InChI is InChI=1S/C17H20BrNS/c1-12(19-10-9-16-7-8-17(18)20-16)14-6-5-13-3-2-4-15(13)11-14/h5-8,11-12,19H,2-4,9-10H2,1H3. The molecule has 1 aliphatic carbocycles. The maximum absolute atomic E-state index is 3.64. The topological polar surface area (TPSA) is 12.0 Å². The maximum Gasteiger partial charge on any atom is 0.0701 e. The van der Waals surface area contributed by atoms with Crippen LogP contribution in [0.1, 0.15) is 41.0 Å². The minimum atomic E-state index is 0.435. The molecule has 1 unspecified atom stereocenters. The van der Waals surface area contributed by atoms with Crippen LogP contribution in [0.2, 0.25) is 0 Å². The molecule has 1 aliphatic rings. The first kappa shape index (κ1) is 14.3. The SMILES string of the molecule is CC(NCCc1ccc(Br)s1)c1ccc2c(c1)CCC2. The third-order valence-electron chi connectivity index (χ3n) is 4.07. The van der Waals surface area contributed by atoms with Crippen molar-refractivity contribution in [3.63, 3.8) is 0 Å². The highest BCUT2D eigenvalue weighted by atomic mass is 79.9. The van der Waals surface area contributed by atoms with Gasteiger partial charge >= 0.3 is 0 Å². The molecule has 0 radical (unpaired) electrons. The van der Waals surface area contributed by atoms with Crippen LogP contribution in [0.15, 0.2) is 34.1 Å². The summed E-state index contributed by atoms with van der Waals surface area (Å²) in [5, 5.41) is 3.64. The molecule has 0 amide bonds. The zero-order chi connectivity index (χ0) is 13.9. The van der Waals surface area contributed by atoms with E-state index in [1.165, 1.54) is 33.5 Å². The lowest BCUT2D eigenvalue weighted by Crippen LogP contribution is -2.21. The molecule has 106 valence electrons. The fourth-order valence-electron chi connectivity index (χ4n) is 2.88. The molecule has 0 bridgehead atoms. The minimum Gasteiger partial charge on any atom is -0.310 e. The summed E-state index contributed by atoms with van der Waals surface area (Å²) >= 11 is 5.34. The van der Waals surface area contributed by atoms with Crippen LogP contribution < -0.4 is 5.32 Å². The van der Waals surface area contributed by atoms with Gasteiger partial charge < -0.3 is 5.32 Å². The monoisotopic (exact) mass is 349 g/mol. The third kappa shape index (κ3) is 3.33. The smallest absolute Gasteiger partial charge is 0.0701 e. The van der Waals surface area contributed by atoms with Crippen LogP contribution in [0, 0.1) is 0 Å². The van der Waals surface area contributed by atoms with E-state index in [0.29, 0.717) is 6.04 Å². The van der Waals surface area contributed by atoms with Crippen LogP contribution in [-0.2, 0) is 19.3 Å². The first-order chi connectivity index (χ1) is 9.72. The van der Waals surface area contributed by atoms with Crippen LogP contribution >= 0.6 is 27.3 Å². The number of hydrogen-bond donors (Lipinski definition) is 1. The van der Waals surface area contributed by atoms with E-state index in [0.717, 1.165) is 13.0 Å². The summed E-state index contributed by atoms with van der Waals surface area (Å²) in [6, 6.07) is 11.8. The fourth-order valence-corrected chi connectivity index (χ4v) is 4.36. The summed E-state index contributed by atoms with van der Waals surface area (Å²) in [5.41, 5.74) is 4.56. The van der Waals surface area contributed by atoms with E-state index in [9.17, 15) is 0 Å². The summed E-state index contributed by atoms with van der Waals surface area (Å²) in [6.45, 7) is 3.30. The van der Waals surface area contributed by atoms with E-state index in [2.05, 4.69) is 58.5 Å². The van der Waals surface area contributed by atoms with E-state index in [-0.39, 0.29) is 0 Å². The van der Waals surface area contributed by atoms with Gasteiger partial charge in [0.1, 0.15) is 0 Å². The number of nitrogens with one attached hydrogen (secondary N) is 1. The van der Waals surface area contributed by atoms with Gasteiger partial charge in [-0.15, -0.1) is 11.3 Å². The predicted octanol–water partition coefficient (Wildman–Crippen LogP) is 4.89. The van der Waals surface area contributed by atoms with Gasteiger partial charge in [-0.3, -0.25) is 0 Å². The van der Waals surface area contributed by atoms with E-state index in [1.807, 2.05) is 11.3 Å². The van der Waals surface area contributed by atoms with Crippen molar-refractivity contribution in [3.8, 4) is 0 Å². The van der Waals surface area contributed by atoms with Crippen molar-refractivity contribution in [2.75, 3.05) is 6.54 Å². The van der Waals surface area contributed by atoms with Gasteiger partial charge in [-0.2, -0.15) is 0 Å². The van der Waals surface area contributed by atoms with Crippen molar-refractivity contribution in [3.05, 3.63) is 55.7 Å². The van der Waals surface area contributed by atoms with Gasteiger partial charge in [-0.25, -0.2) is 0 Å². The Labute approximate surface area is 133 Å². The molecule has 1 N–H and O–H groups in total. The zero-order valence-electron chi connectivity index (χ0n) is 11.8. The van der Waals surface area contributed by atoms with E-state index >= 15 is 0 Å². The number of rotatable bonds is 5. The van der Waals surface area contributed by atoms with Crippen molar-refractivity contribution in [1.29, 1.82) is 0 Å². The number of fused-ring (bicyclic) bond motifs is 1. The zero-order valence-corrected chi connectivity index (χ0v) is 14.2. The molecule has 20 heavy (non-hydrogen) atoms. The van der Waals surface area contributed by atoms with Gasteiger partial charge in [0.25, 0.3) is 0 Å². The second-order valence-corrected chi connectivity index (χ2v) is 8.06. The van der Waals surface area contributed by atoms with Crippen molar-refractivity contribution in [2.24, 2.45) is 0 Å².